The van der Waals surface area contributed by atoms with Gasteiger partial charge in [-0.2, -0.15) is 0 Å². The van der Waals surface area contributed by atoms with Gasteiger partial charge in [0.1, 0.15) is 0 Å². The van der Waals surface area contributed by atoms with E-state index >= 15 is 0 Å². The number of aliphatic hydroxyl groups is 1. The maximum atomic E-state index is 8.66. The van der Waals surface area contributed by atoms with Gasteiger partial charge in [0.25, 0.3) is 0 Å². The van der Waals surface area contributed by atoms with Crippen LogP contribution in [0.2, 0.25) is 0 Å². The first-order valence-corrected chi connectivity index (χ1v) is 4.23. The molecule has 1 atom stereocenters. The van der Waals surface area contributed by atoms with E-state index in [9.17, 15) is 0 Å². The van der Waals surface area contributed by atoms with E-state index < -0.39 is 0 Å². The van der Waals surface area contributed by atoms with Crippen LogP contribution in [0.1, 0.15) is 32.6 Å². The standard InChI is InChI=1S/C8H17NO/c1-2-7(5-6-10)9-8-3-4-8/h7-10H,2-6H2,1H3. The van der Waals surface area contributed by atoms with Crippen LogP contribution >= 0.6 is 0 Å². The van der Waals surface area contributed by atoms with Crippen molar-refractivity contribution in [2.24, 2.45) is 0 Å². The Bertz CT molecular complexity index is 91.3. The fraction of sp³-hybridized carbons (Fsp3) is 1.00. The van der Waals surface area contributed by atoms with Crippen LogP contribution in [0.5, 0.6) is 0 Å². The average Bonchev–Trinajstić information content (AvgIpc) is 2.71. The van der Waals surface area contributed by atoms with Gasteiger partial charge in [-0.05, 0) is 25.7 Å². The van der Waals surface area contributed by atoms with Crippen molar-refractivity contribution in [2.45, 2.75) is 44.7 Å². The summed E-state index contributed by atoms with van der Waals surface area (Å²) in [4.78, 5) is 0. The quantitative estimate of drug-likeness (QED) is 0.599. The molecule has 1 unspecified atom stereocenters. The zero-order chi connectivity index (χ0) is 7.40. The molecule has 2 heteroatoms. The summed E-state index contributed by atoms with van der Waals surface area (Å²) in [6.07, 6.45) is 4.72. The van der Waals surface area contributed by atoms with Crippen molar-refractivity contribution in [2.75, 3.05) is 6.61 Å². The molecule has 0 saturated heterocycles. The fourth-order valence-electron chi connectivity index (χ4n) is 1.14. The molecule has 0 spiro atoms. The van der Waals surface area contributed by atoms with Gasteiger partial charge in [0.05, 0.1) is 0 Å². The number of hydrogen-bond donors (Lipinski definition) is 2. The van der Waals surface area contributed by atoms with Gasteiger partial charge in [-0.15, -0.1) is 0 Å². The average molecular weight is 143 g/mol. The van der Waals surface area contributed by atoms with Crippen molar-refractivity contribution in [3.8, 4) is 0 Å². The van der Waals surface area contributed by atoms with Crippen molar-refractivity contribution in [3.63, 3.8) is 0 Å². The van der Waals surface area contributed by atoms with Gasteiger partial charge in [-0.25, -0.2) is 0 Å². The van der Waals surface area contributed by atoms with Crippen LogP contribution in [0.15, 0.2) is 0 Å². The topological polar surface area (TPSA) is 32.3 Å². The molecular formula is C8H17NO. The second-order valence-electron chi connectivity index (χ2n) is 3.06. The summed E-state index contributed by atoms with van der Waals surface area (Å²) in [5.74, 6) is 0. The summed E-state index contributed by atoms with van der Waals surface area (Å²) in [6.45, 7) is 2.48. The van der Waals surface area contributed by atoms with Crippen molar-refractivity contribution in [1.29, 1.82) is 0 Å². The molecule has 1 aliphatic carbocycles. The largest absolute Gasteiger partial charge is 0.396 e. The van der Waals surface area contributed by atoms with Crippen molar-refractivity contribution >= 4 is 0 Å². The predicted octanol–water partition coefficient (Wildman–Crippen LogP) is 0.899. The molecule has 0 heterocycles. The van der Waals surface area contributed by atoms with Crippen molar-refractivity contribution in [3.05, 3.63) is 0 Å². The Morgan fingerprint density at radius 1 is 1.60 bits per heavy atom. The van der Waals surface area contributed by atoms with Crippen LogP contribution < -0.4 is 5.32 Å². The van der Waals surface area contributed by atoms with Gasteiger partial charge < -0.3 is 10.4 Å². The molecule has 10 heavy (non-hydrogen) atoms. The van der Waals surface area contributed by atoms with E-state index in [0.29, 0.717) is 12.6 Å². The summed E-state index contributed by atoms with van der Waals surface area (Å²) < 4.78 is 0. The highest BCUT2D eigenvalue weighted by Crippen LogP contribution is 2.20. The molecule has 0 amide bonds. The van der Waals surface area contributed by atoms with Gasteiger partial charge in [0.15, 0.2) is 0 Å². The van der Waals surface area contributed by atoms with Crippen LogP contribution in [0.3, 0.4) is 0 Å². The number of rotatable bonds is 5. The van der Waals surface area contributed by atoms with Crippen molar-refractivity contribution in [1.82, 2.24) is 5.32 Å². The Balaban J connectivity index is 2.05. The Labute approximate surface area is 62.6 Å². The highest BCUT2D eigenvalue weighted by atomic mass is 16.3. The minimum Gasteiger partial charge on any atom is -0.396 e. The monoisotopic (exact) mass is 143 g/mol. The summed E-state index contributed by atoms with van der Waals surface area (Å²) >= 11 is 0. The van der Waals surface area contributed by atoms with Gasteiger partial charge >= 0.3 is 0 Å². The van der Waals surface area contributed by atoms with Gasteiger partial charge in [-0.1, -0.05) is 6.92 Å². The van der Waals surface area contributed by atoms with Crippen LogP contribution in [0.25, 0.3) is 0 Å². The molecule has 0 aromatic heterocycles. The zero-order valence-corrected chi connectivity index (χ0v) is 6.64. The normalized spacial score (nSPS) is 21.0. The highest BCUT2D eigenvalue weighted by Gasteiger charge is 2.23. The van der Waals surface area contributed by atoms with Crippen LogP contribution in [0, 0.1) is 0 Å². The molecule has 60 valence electrons. The molecule has 2 nitrogen and oxygen atoms in total. The van der Waals surface area contributed by atoms with E-state index in [1.807, 2.05) is 0 Å². The number of aliphatic hydroxyl groups excluding tert-OH is 1. The Hall–Kier alpha value is -0.0800. The summed E-state index contributed by atoms with van der Waals surface area (Å²) in [5, 5.41) is 12.1. The summed E-state index contributed by atoms with van der Waals surface area (Å²) in [6, 6.07) is 1.33. The minimum atomic E-state index is 0.318. The number of hydrogen-bond acceptors (Lipinski definition) is 2. The van der Waals surface area contributed by atoms with Gasteiger partial charge in [0, 0.05) is 18.7 Å². The zero-order valence-electron chi connectivity index (χ0n) is 6.64. The van der Waals surface area contributed by atoms with Gasteiger partial charge in [-0.3, -0.25) is 0 Å². The Kier molecular flexibility index (Phi) is 3.16. The lowest BCUT2D eigenvalue weighted by atomic mass is 10.1. The first-order valence-electron chi connectivity index (χ1n) is 4.23. The van der Waals surface area contributed by atoms with Crippen LogP contribution in [0.4, 0.5) is 0 Å². The SMILES string of the molecule is CCC(CCO)NC1CC1. The van der Waals surface area contributed by atoms with E-state index in [1.165, 1.54) is 12.8 Å². The summed E-state index contributed by atoms with van der Waals surface area (Å²) in [7, 11) is 0. The van der Waals surface area contributed by atoms with Gasteiger partial charge in [0.2, 0.25) is 0 Å². The molecule has 0 aromatic carbocycles. The lowest BCUT2D eigenvalue weighted by Gasteiger charge is -2.14. The molecule has 0 radical (unpaired) electrons. The summed E-state index contributed by atoms with van der Waals surface area (Å²) in [5.41, 5.74) is 0. The molecule has 0 aromatic rings. The van der Waals surface area contributed by atoms with E-state index in [0.717, 1.165) is 18.9 Å². The first-order chi connectivity index (χ1) is 4.86. The third-order valence-corrected chi connectivity index (χ3v) is 2.02. The highest BCUT2D eigenvalue weighted by molar-refractivity contribution is 4.84. The lowest BCUT2D eigenvalue weighted by Crippen LogP contribution is -2.31. The third-order valence-electron chi connectivity index (χ3n) is 2.02. The molecule has 1 saturated carbocycles. The van der Waals surface area contributed by atoms with E-state index in [2.05, 4.69) is 12.2 Å². The van der Waals surface area contributed by atoms with E-state index in [-0.39, 0.29) is 0 Å². The maximum absolute atomic E-state index is 8.66. The molecular weight excluding hydrogens is 126 g/mol. The number of nitrogens with one attached hydrogen (secondary N) is 1. The smallest absolute Gasteiger partial charge is 0.0445 e. The van der Waals surface area contributed by atoms with Crippen molar-refractivity contribution < 1.29 is 5.11 Å². The predicted molar refractivity (Wildman–Crippen MR) is 41.9 cm³/mol. The second-order valence-corrected chi connectivity index (χ2v) is 3.06. The Morgan fingerprint density at radius 2 is 2.30 bits per heavy atom. The van der Waals surface area contributed by atoms with E-state index in [4.69, 9.17) is 5.11 Å². The molecule has 1 fully saturated rings. The molecule has 2 N–H and O–H groups in total. The lowest BCUT2D eigenvalue weighted by molar-refractivity contribution is 0.262. The molecule has 1 rings (SSSR count). The minimum absolute atomic E-state index is 0.318. The molecule has 1 aliphatic rings. The molecule has 0 aliphatic heterocycles. The maximum Gasteiger partial charge on any atom is 0.0445 e. The third kappa shape index (κ3) is 2.67. The van der Waals surface area contributed by atoms with Crippen LogP contribution in [-0.2, 0) is 0 Å². The first kappa shape index (κ1) is 8.02. The van der Waals surface area contributed by atoms with E-state index in [1.54, 1.807) is 0 Å². The second kappa shape index (κ2) is 3.94. The molecule has 0 bridgehead atoms. The Morgan fingerprint density at radius 3 is 2.70 bits per heavy atom. The fourth-order valence-corrected chi connectivity index (χ4v) is 1.14. The van der Waals surface area contributed by atoms with Crippen LogP contribution in [-0.4, -0.2) is 23.8 Å².